The molecule has 2 aromatic carbocycles. The fourth-order valence-electron chi connectivity index (χ4n) is 3.09. The summed E-state index contributed by atoms with van der Waals surface area (Å²) < 4.78 is 10.7. The molecule has 0 saturated carbocycles. The maximum atomic E-state index is 9.60. The van der Waals surface area contributed by atoms with Gasteiger partial charge < -0.3 is 14.8 Å². The fourth-order valence-corrected chi connectivity index (χ4v) is 3.55. The molecular formula is C23H32BrNO3. The number of carbonyl (C=O) groups is 1. The minimum Gasteiger partial charge on any atom is -0.462 e. The van der Waals surface area contributed by atoms with Gasteiger partial charge in [0, 0.05) is 11.9 Å². The van der Waals surface area contributed by atoms with Crippen LogP contribution < -0.4 is 5.32 Å². The standard InChI is InChI=1S/C18H22BrNO.C5H10O2/c19-9-8-14-6-7-15-3-1-4-16(18(15)11-14)13-21-17-5-2-10-20-12-17;1-5(2,3)7-4-6/h1,3-4,6-7,11,17,20H,2,5,8-10,12-13H2;4H,1-3H3. The van der Waals surface area contributed by atoms with Crippen LogP contribution >= 0.6 is 15.9 Å². The third kappa shape index (κ3) is 7.90. The average Bonchev–Trinajstić information content (AvgIpc) is 2.67. The first kappa shape index (κ1) is 22.9. The van der Waals surface area contributed by atoms with Gasteiger partial charge in [-0.3, -0.25) is 4.79 Å². The van der Waals surface area contributed by atoms with Crippen LogP contribution in [0.2, 0.25) is 0 Å². The van der Waals surface area contributed by atoms with Gasteiger partial charge in [0.05, 0.1) is 12.7 Å². The van der Waals surface area contributed by atoms with Gasteiger partial charge in [-0.05, 0) is 68.5 Å². The molecule has 5 heteroatoms. The first-order chi connectivity index (χ1) is 13.4. The molecular weight excluding hydrogens is 418 g/mol. The van der Waals surface area contributed by atoms with Crippen LogP contribution in [0.4, 0.5) is 0 Å². The maximum Gasteiger partial charge on any atom is 0.293 e. The lowest BCUT2D eigenvalue weighted by molar-refractivity contribution is -0.138. The van der Waals surface area contributed by atoms with E-state index in [-0.39, 0.29) is 5.60 Å². The van der Waals surface area contributed by atoms with E-state index in [4.69, 9.17) is 4.74 Å². The molecule has 154 valence electrons. The van der Waals surface area contributed by atoms with Gasteiger partial charge in [0.1, 0.15) is 5.60 Å². The van der Waals surface area contributed by atoms with Crippen molar-refractivity contribution in [2.45, 2.75) is 58.3 Å². The SMILES string of the molecule is BrCCc1ccc2cccc(COC3CCCNC3)c2c1.CC(C)(C)OC=O. The normalized spacial score (nSPS) is 16.9. The molecule has 0 radical (unpaired) electrons. The number of piperidine rings is 1. The highest BCUT2D eigenvalue weighted by atomic mass is 79.9. The number of nitrogens with one attached hydrogen (secondary N) is 1. The Morgan fingerprint density at radius 2 is 2.07 bits per heavy atom. The summed E-state index contributed by atoms with van der Waals surface area (Å²) in [5.74, 6) is 0. The van der Waals surface area contributed by atoms with Crippen molar-refractivity contribution >= 4 is 33.2 Å². The van der Waals surface area contributed by atoms with Crippen molar-refractivity contribution in [2.75, 3.05) is 18.4 Å². The van der Waals surface area contributed by atoms with E-state index in [1.54, 1.807) is 0 Å². The van der Waals surface area contributed by atoms with Gasteiger partial charge in [-0.2, -0.15) is 0 Å². The Morgan fingerprint density at radius 1 is 1.25 bits per heavy atom. The summed E-state index contributed by atoms with van der Waals surface area (Å²) in [4.78, 5) is 9.60. The summed E-state index contributed by atoms with van der Waals surface area (Å²) in [6.07, 6.45) is 3.82. The predicted molar refractivity (Wildman–Crippen MR) is 119 cm³/mol. The van der Waals surface area contributed by atoms with Gasteiger partial charge >= 0.3 is 0 Å². The zero-order valence-electron chi connectivity index (χ0n) is 17.2. The second-order valence-corrected chi connectivity index (χ2v) is 8.81. The van der Waals surface area contributed by atoms with E-state index in [2.05, 4.69) is 62.4 Å². The summed E-state index contributed by atoms with van der Waals surface area (Å²) >= 11 is 3.52. The highest BCUT2D eigenvalue weighted by Crippen LogP contribution is 2.22. The molecule has 1 fully saturated rings. The van der Waals surface area contributed by atoms with Crippen LogP contribution in [0, 0.1) is 0 Å². The quantitative estimate of drug-likeness (QED) is 0.497. The number of alkyl halides is 1. The molecule has 1 aliphatic heterocycles. The lowest BCUT2D eigenvalue weighted by atomic mass is 10.0. The van der Waals surface area contributed by atoms with Crippen molar-refractivity contribution in [1.29, 1.82) is 0 Å². The van der Waals surface area contributed by atoms with Crippen molar-refractivity contribution in [3.05, 3.63) is 47.5 Å². The minimum atomic E-state index is -0.318. The van der Waals surface area contributed by atoms with Gasteiger partial charge in [-0.1, -0.05) is 52.3 Å². The van der Waals surface area contributed by atoms with Crippen LogP contribution in [-0.4, -0.2) is 36.6 Å². The molecule has 0 bridgehead atoms. The number of aryl methyl sites for hydroxylation is 1. The van der Waals surface area contributed by atoms with Crippen molar-refractivity contribution < 1.29 is 14.3 Å². The van der Waals surface area contributed by atoms with Crippen LogP contribution in [0.15, 0.2) is 36.4 Å². The number of hydrogen-bond donors (Lipinski definition) is 1. The number of rotatable bonds is 6. The monoisotopic (exact) mass is 449 g/mol. The van der Waals surface area contributed by atoms with E-state index < -0.39 is 0 Å². The summed E-state index contributed by atoms with van der Waals surface area (Å²) in [5, 5.41) is 7.04. The average molecular weight is 450 g/mol. The Hall–Kier alpha value is -1.43. The third-order valence-corrected chi connectivity index (χ3v) is 4.94. The Labute approximate surface area is 177 Å². The molecule has 3 rings (SSSR count). The zero-order chi connectivity index (χ0) is 20.4. The molecule has 4 nitrogen and oxygen atoms in total. The van der Waals surface area contributed by atoms with E-state index in [0.717, 1.165) is 24.8 Å². The van der Waals surface area contributed by atoms with Crippen molar-refractivity contribution in [2.24, 2.45) is 0 Å². The fraction of sp³-hybridized carbons (Fsp3) is 0.522. The van der Waals surface area contributed by atoms with Gasteiger partial charge in [-0.25, -0.2) is 0 Å². The lowest BCUT2D eigenvalue weighted by Crippen LogP contribution is -2.35. The van der Waals surface area contributed by atoms with E-state index in [1.165, 1.54) is 34.7 Å². The Bertz CT molecular complexity index is 736. The highest BCUT2D eigenvalue weighted by Gasteiger charge is 2.13. The van der Waals surface area contributed by atoms with Crippen molar-refractivity contribution in [1.82, 2.24) is 5.32 Å². The van der Waals surface area contributed by atoms with Crippen molar-refractivity contribution in [3.8, 4) is 0 Å². The van der Waals surface area contributed by atoms with Crippen LogP contribution in [0.3, 0.4) is 0 Å². The molecule has 1 aliphatic rings. The summed E-state index contributed by atoms with van der Waals surface area (Å²) in [6, 6.07) is 13.3. The van der Waals surface area contributed by atoms with Gasteiger partial charge in [-0.15, -0.1) is 0 Å². The van der Waals surface area contributed by atoms with Gasteiger partial charge in [0.15, 0.2) is 0 Å². The largest absolute Gasteiger partial charge is 0.462 e. The highest BCUT2D eigenvalue weighted by molar-refractivity contribution is 9.09. The second kappa shape index (κ2) is 11.5. The van der Waals surface area contributed by atoms with Crippen LogP contribution in [0.5, 0.6) is 0 Å². The molecule has 0 amide bonds. The number of carbonyl (C=O) groups excluding carboxylic acids is 1. The molecule has 0 spiro atoms. The maximum absolute atomic E-state index is 9.60. The van der Waals surface area contributed by atoms with Gasteiger partial charge in [0.2, 0.25) is 0 Å². The first-order valence-electron chi connectivity index (χ1n) is 9.93. The Kier molecular flexibility index (Phi) is 9.42. The smallest absolute Gasteiger partial charge is 0.293 e. The number of benzene rings is 2. The zero-order valence-corrected chi connectivity index (χ0v) is 18.8. The molecule has 2 aromatic rings. The molecule has 28 heavy (non-hydrogen) atoms. The second-order valence-electron chi connectivity index (χ2n) is 8.02. The van der Waals surface area contributed by atoms with E-state index >= 15 is 0 Å². The lowest BCUT2D eigenvalue weighted by Gasteiger charge is -2.23. The molecule has 0 aliphatic carbocycles. The molecule has 1 saturated heterocycles. The molecule has 1 atom stereocenters. The van der Waals surface area contributed by atoms with Crippen molar-refractivity contribution in [3.63, 3.8) is 0 Å². The van der Waals surface area contributed by atoms with Crippen LogP contribution in [-0.2, 0) is 27.3 Å². The summed E-state index contributed by atoms with van der Waals surface area (Å²) in [5.41, 5.74) is 2.36. The number of hydrogen-bond acceptors (Lipinski definition) is 4. The first-order valence-corrected chi connectivity index (χ1v) is 11.1. The van der Waals surface area contributed by atoms with Gasteiger partial charge in [0.25, 0.3) is 6.47 Å². The Morgan fingerprint density at radius 3 is 2.68 bits per heavy atom. The van der Waals surface area contributed by atoms with E-state index in [0.29, 0.717) is 19.2 Å². The molecule has 1 N–H and O–H groups in total. The topological polar surface area (TPSA) is 47.6 Å². The van der Waals surface area contributed by atoms with Crippen LogP contribution in [0.25, 0.3) is 10.8 Å². The molecule has 1 unspecified atom stereocenters. The predicted octanol–water partition coefficient (Wildman–Crippen LogP) is 5.00. The number of fused-ring (bicyclic) bond motifs is 1. The van der Waals surface area contributed by atoms with Crippen LogP contribution in [0.1, 0.15) is 44.7 Å². The number of halogens is 1. The summed E-state index contributed by atoms with van der Waals surface area (Å²) in [6.45, 7) is 8.75. The third-order valence-electron chi connectivity index (χ3n) is 4.55. The van der Waals surface area contributed by atoms with E-state index in [1.807, 2.05) is 20.8 Å². The van der Waals surface area contributed by atoms with E-state index in [9.17, 15) is 4.79 Å². The molecule has 1 heterocycles. The summed E-state index contributed by atoms with van der Waals surface area (Å²) in [7, 11) is 0. The Balaban J connectivity index is 0.000000345. The molecule has 0 aromatic heterocycles. The minimum absolute atomic E-state index is 0.318. The number of ether oxygens (including phenoxy) is 2.